The molecule has 6 heteroatoms. The number of hydrogen-bond donors (Lipinski definition) is 1. The normalized spacial score (nSPS) is 20.2. The number of thiocarbonyl (C=S) groups is 1. The topological polar surface area (TPSA) is 49.4 Å². The van der Waals surface area contributed by atoms with Crippen molar-refractivity contribution in [2.75, 3.05) is 23.4 Å². The Balaban J connectivity index is 2.07. The molecule has 1 aliphatic rings. The summed E-state index contributed by atoms with van der Waals surface area (Å²) in [5.74, 6) is 0.480. The van der Waals surface area contributed by atoms with Crippen LogP contribution in [0, 0.1) is 6.92 Å². The third-order valence-electron chi connectivity index (χ3n) is 3.68. The number of benzene rings is 1. The van der Waals surface area contributed by atoms with Crippen LogP contribution >= 0.6 is 12.2 Å². The first-order valence-electron chi connectivity index (χ1n) is 7.26. The van der Waals surface area contributed by atoms with Crippen molar-refractivity contribution in [3.63, 3.8) is 0 Å². The van der Waals surface area contributed by atoms with Crippen molar-refractivity contribution in [3.05, 3.63) is 29.8 Å². The van der Waals surface area contributed by atoms with E-state index in [1.807, 2.05) is 36.1 Å². The van der Waals surface area contributed by atoms with Gasteiger partial charge in [0.25, 0.3) is 0 Å². The Morgan fingerprint density at radius 1 is 1.38 bits per heavy atom. The molecule has 21 heavy (non-hydrogen) atoms. The summed E-state index contributed by atoms with van der Waals surface area (Å²) >= 11 is 5.49. The van der Waals surface area contributed by atoms with Gasteiger partial charge in [-0.25, -0.2) is 8.42 Å². The van der Waals surface area contributed by atoms with Gasteiger partial charge in [-0.15, -0.1) is 0 Å². The first kappa shape index (κ1) is 16.2. The van der Waals surface area contributed by atoms with Gasteiger partial charge in [0.15, 0.2) is 14.9 Å². The van der Waals surface area contributed by atoms with Gasteiger partial charge in [-0.1, -0.05) is 24.6 Å². The molecule has 1 aromatic rings. The molecule has 2 rings (SSSR count). The van der Waals surface area contributed by atoms with Gasteiger partial charge in [-0.2, -0.15) is 0 Å². The molecule has 0 amide bonds. The third-order valence-corrected chi connectivity index (χ3v) is 5.76. The van der Waals surface area contributed by atoms with Crippen molar-refractivity contribution in [1.29, 1.82) is 0 Å². The van der Waals surface area contributed by atoms with Gasteiger partial charge in [0.1, 0.15) is 0 Å². The van der Waals surface area contributed by atoms with E-state index < -0.39 is 9.84 Å². The number of sulfone groups is 1. The maximum atomic E-state index is 11.7. The van der Waals surface area contributed by atoms with Crippen LogP contribution in [-0.2, 0) is 9.84 Å². The number of nitrogens with zero attached hydrogens (tertiary/aromatic N) is 1. The molecule has 1 aliphatic heterocycles. The lowest BCUT2D eigenvalue weighted by atomic mass is 10.2. The average Bonchev–Trinajstić information content (AvgIpc) is 2.78. The van der Waals surface area contributed by atoms with Crippen molar-refractivity contribution in [2.24, 2.45) is 0 Å². The molecule has 1 N–H and O–H groups in total. The molecule has 0 unspecified atom stereocenters. The van der Waals surface area contributed by atoms with Crippen LogP contribution < -0.4 is 5.32 Å². The highest BCUT2D eigenvalue weighted by Gasteiger charge is 2.33. The second-order valence-electron chi connectivity index (χ2n) is 5.55. The van der Waals surface area contributed by atoms with Gasteiger partial charge in [0.2, 0.25) is 0 Å². The predicted octanol–water partition coefficient (Wildman–Crippen LogP) is 2.59. The summed E-state index contributed by atoms with van der Waals surface area (Å²) in [7, 11) is -2.90. The van der Waals surface area contributed by atoms with Gasteiger partial charge < -0.3 is 10.2 Å². The molecule has 0 saturated carbocycles. The monoisotopic (exact) mass is 326 g/mol. The van der Waals surface area contributed by atoms with Gasteiger partial charge in [0, 0.05) is 18.3 Å². The van der Waals surface area contributed by atoms with Crippen LogP contribution in [0.25, 0.3) is 0 Å². The first-order chi connectivity index (χ1) is 9.91. The molecule has 0 bridgehead atoms. The second kappa shape index (κ2) is 6.75. The highest BCUT2D eigenvalue weighted by Crippen LogP contribution is 2.20. The van der Waals surface area contributed by atoms with Crippen LogP contribution in [0.4, 0.5) is 5.69 Å². The van der Waals surface area contributed by atoms with Crippen LogP contribution in [0.5, 0.6) is 0 Å². The van der Waals surface area contributed by atoms with E-state index in [2.05, 4.69) is 12.2 Å². The third kappa shape index (κ3) is 4.41. The molecule has 0 aromatic heterocycles. The number of nitrogens with one attached hydrogen (secondary N) is 1. The second-order valence-corrected chi connectivity index (χ2v) is 8.16. The summed E-state index contributed by atoms with van der Waals surface area (Å²) in [4.78, 5) is 2.03. The zero-order valence-electron chi connectivity index (χ0n) is 12.5. The van der Waals surface area contributed by atoms with Gasteiger partial charge >= 0.3 is 0 Å². The standard InChI is InChI=1S/C15H22N2O2S2/c1-3-9-17(14-8-10-21(18,19)11-14)15(20)16-13-6-4-12(2)5-7-13/h4-7,14H,3,8-11H2,1-2H3,(H,16,20)/t14-/m0/s1. The van der Waals surface area contributed by atoms with Crippen LogP contribution in [0.2, 0.25) is 0 Å². The predicted molar refractivity (Wildman–Crippen MR) is 91.5 cm³/mol. The van der Waals surface area contributed by atoms with Crippen molar-refractivity contribution < 1.29 is 8.42 Å². The van der Waals surface area contributed by atoms with E-state index in [1.54, 1.807) is 0 Å². The van der Waals surface area contributed by atoms with Gasteiger partial charge in [0.05, 0.1) is 11.5 Å². The highest BCUT2D eigenvalue weighted by molar-refractivity contribution is 7.91. The number of anilines is 1. The molecule has 1 heterocycles. The van der Waals surface area contributed by atoms with Gasteiger partial charge in [-0.3, -0.25) is 0 Å². The van der Waals surface area contributed by atoms with E-state index in [0.29, 0.717) is 11.5 Å². The minimum absolute atomic E-state index is 0.000369. The summed E-state index contributed by atoms with van der Waals surface area (Å²) in [6, 6.07) is 8.01. The summed E-state index contributed by atoms with van der Waals surface area (Å²) in [6.07, 6.45) is 1.60. The fraction of sp³-hybridized carbons (Fsp3) is 0.533. The lowest BCUT2D eigenvalue weighted by Gasteiger charge is -2.30. The summed E-state index contributed by atoms with van der Waals surface area (Å²) in [6.45, 7) is 4.89. The molecule has 0 radical (unpaired) electrons. The Morgan fingerprint density at radius 3 is 2.57 bits per heavy atom. The Morgan fingerprint density at radius 2 is 2.05 bits per heavy atom. The Bertz CT molecular complexity index is 597. The molecule has 1 atom stereocenters. The van der Waals surface area contributed by atoms with Gasteiger partial charge in [-0.05, 0) is 44.1 Å². The maximum Gasteiger partial charge on any atom is 0.173 e. The number of rotatable bonds is 4. The molecular formula is C15H22N2O2S2. The van der Waals surface area contributed by atoms with E-state index in [-0.39, 0.29) is 17.5 Å². The minimum atomic E-state index is -2.90. The SMILES string of the molecule is CCCN(C(=S)Nc1ccc(C)cc1)[C@H]1CCS(=O)(=O)C1. The first-order valence-corrected chi connectivity index (χ1v) is 9.49. The smallest absolute Gasteiger partial charge is 0.173 e. The Hall–Kier alpha value is -1.14. The van der Waals surface area contributed by atoms with Crippen molar-refractivity contribution in [2.45, 2.75) is 32.7 Å². The molecule has 0 aliphatic carbocycles. The zero-order chi connectivity index (χ0) is 15.5. The fourth-order valence-corrected chi connectivity index (χ4v) is 4.63. The fourth-order valence-electron chi connectivity index (χ4n) is 2.54. The van der Waals surface area contributed by atoms with Crippen LogP contribution in [0.3, 0.4) is 0 Å². The van der Waals surface area contributed by atoms with Crippen LogP contribution in [-0.4, -0.2) is 42.5 Å². The number of hydrogen-bond acceptors (Lipinski definition) is 3. The molecule has 0 spiro atoms. The van der Waals surface area contributed by atoms with Crippen molar-refractivity contribution >= 4 is 32.9 Å². The highest BCUT2D eigenvalue weighted by atomic mass is 32.2. The van der Waals surface area contributed by atoms with E-state index in [0.717, 1.165) is 18.7 Å². The van der Waals surface area contributed by atoms with E-state index in [1.165, 1.54) is 5.56 Å². The minimum Gasteiger partial charge on any atom is -0.345 e. The molecule has 1 aromatic carbocycles. The maximum absolute atomic E-state index is 11.7. The molecular weight excluding hydrogens is 304 g/mol. The lowest BCUT2D eigenvalue weighted by molar-refractivity contribution is 0.339. The lowest BCUT2D eigenvalue weighted by Crippen LogP contribution is -2.43. The molecule has 1 saturated heterocycles. The van der Waals surface area contributed by atoms with E-state index >= 15 is 0 Å². The summed E-state index contributed by atoms with van der Waals surface area (Å²) in [5, 5.41) is 3.83. The molecule has 1 fully saturated rings. The Kier molecular flexibility index (Phi) is 5.22. The largest absolute Gasteiger partial charge is 0.345 e. The van der Waals surface area contributed by atoms with E-state index in [9.17, 15) is 8.42 Å². The Labute approximate surface area is 132 Å². The average molecular weight is 326 g/mol. The van der Waals surface area contributed by atoms with E-state index in [4.69, 9.17) is 12.2 Å². The van der Waals surface area contributed by atoms with Crippen LogP contribution in [0.1, 0.15) is 25.3 Å². The van der Waals surface area contributed by atoms with Crippen molar-refractivity contribution in [1.82, 2.24) is 4.90 Å². The van der Waals surface area contributed by atoms with Crippen molar-refractivity contribution in [3.8, 4) is 0 Å². The molecule has 4 nitrogen and oxygen atoms in total. The zero-order valence-corrected chi connectivity index (χ0v) is 14.1. The summed E-state index contributed by atoms with van der Waals surface area (Å²) in [5.41, 5.74) is 2.13. The van der Waals surface area contributed by atoms with Crippen LogP contribution in [0.15, 0.2) is 24.3 Å². The summed E-state index contributed by atoms with van der Waals surface area (Å²) < 4.78 is 23.4. The quantitative estimate of drug-likeness (QED) is 0.862. The molecule has 116 valence electrons. The number of aryl methyl sites for hydroxylation is 1.